The fourth-order valence-electron chi connectivity index (χ4n) is 4.75. The van der Waals surface area contributed by atoms with E-state index in [2.05, 4.69) is 5.32 Å². The smallest absolute Gasteiger partial charge is 0.328 e. The summed E-state index contributed by atoms with van der Waals surface area (Å²) in [5.41, 5.74) is 0.984. The molecule has 0 radical (unpaired) electrons. The van der Waals surface area contributed by atoms with Crippen LogP contribution in [0.1, 0.15) is 43.9 Å². The van der Waals surface area contributed by atoms with Gasteiger partial charge in [0.1, 0.15) is 18.2 Å². The molecule has 12 heteroatoms. The van der Waals surface area contributed by atoms with E-state index in [9.17, 15) is 19.5 Å². The lowest BCUT2D eigenvalue weighted by Crippen LogP contribution is -2.48. The maximum Gasteiger partial charge on any atom is 0.328 e. The van der Waals surface area contributed by atoms with Gasteiger partial charge in [-0.05, 0) is 42.7 Å². The standard InChI is InChI=1S/C30H39ClN2O8S/c1-30(2,17-34)16-33-22-11-10-18(31)14-20(22)26(19-8-7-9-23(38-3)27(19)39-4)41-24(28(33)36)15-25(35)32-21(12-13-42-6)29(37)40-5/h7-11,14,21,24,26,34H,12-13,15-17H2,1-6H3,(H,32,35)/t21-,24-,26-/m1/s1. The number of anilines is 1. The molecule has 0 aliphatic carbocycles. The molecule has 10 nitrogen and oxygen atoms in total. The number of hydrogen-bond donors (Lipinski definition) is 2. The van der Waals surface area contributed by atoms with Crippen molar-refractivity contribution in [3.63, 3.8) is 0 Å². The van der Waals surface area contributed by atoms with E-state index in [1.54, 1.807) is 36.4 Å². The lowest BCUT2D eigenvalue weighted by Gasteiger charge is -2.32. The van der Waals surface area contributed by atoms with Crippen molar-refractivity contribution in [2.45, 2.75) is 44.9 Å². The summed E-state index contributed by atoms with van der Waals surface area (Å²) in [5.74, 6) is -0.113. The average molecular weight is 623 g/mol. The third-order valence-electron chi connectivity index (χ3n) is 6.94. The van der Waals surface area contributed by atoms with E-state index < -0.39 is 41.4 Å². The van der Waals surface area contributed by atoms with Gasteiger partial charge in [0.2, 0.25) is 5.91 Å². The van der Waals surface area contributed by atoms with Crippen molar-refractivity contribution in [3.8, 4) is 11.5 Å². The van der Waals surface area contributed by atoms with Crippen LogP contribution in [0.3, 0.4) is 0 Å². The van der Waals surface area contributed by atoms with Gasteiger partial charge >= 0.3 is 5.97 Å². The predicted octanol–water partition coefficient (Wildman–Crippen LogP) is 4.00. The number of thioether (sulfide) groups is 1. The Labute approximate surface area is 256 Å². The number of amides is 2. The Balaban J connectivity index is 2.13. The molecule has 3 rings (SSSR count). The van der Waals surface area contributed by atoms with Crippen molar-refractivity contribution in [2.75, 3.05) is 51.4 Å². The Morgan fingerprint density at radius 1 is 1.17 bits per heavy atom. The van der Waals surface area contributed by atoms with Gasteiger partial charge in [0, 0.05) is 40.4 Å². The summed E-state index contributed by atoms with van der Waals surface area (Å²) in [6, 6.07) is 9.55. The van der Waals surface area contributed by atoms with Crippen LogP contribution in [0.2, 0.25) is 5.02 Å². The van der Waals surface area contributed by atoms with Crippen LogP contribution < -0.4 is 19.7 Å². The van der Waals surface area contributed by atoms with Gasteiger partial charge in [0.05, 0.1) is 27.8 Å². The lowest BCUT2D eigenvalue weighted by molar-refractivity contribution is -0.146. The molecule has 0 fully saturated rings. The quantitative estimate of drug-likeness (QED) is 0.319. The number of fused-ring (bicyclic) bond motifs is 1. The van der Waals surface area contributed by atoms with E-state index in [0.717, 1.165) is 0 Å². The molecular weight excluding hydrogens is 584 g/mol. The van der Waals surface area contributed by atoms with Crippen LogP contribution in [0.25, 0.3) is 0 Å². The van der Waals surface area contributed by atoms with Crippen molar-refractivity contribution >= 4 is 46.8 Å². The molecule has 0 aromatic heterocycles. The number of carbonyl (C=O) groups excluding carboxylic acids is 3. The molecule has 2 N–H and O–H groups in total. The number of para-hydroxylation sites is 1. The summed E-state index contributed by atoms with van der Waals surface area (Å²) in [7, 11) is 4.28. The van der Waals surface area contributed by atoms with Gasteiger partial charge in [-0.2, -0.15) is 11.8 Å². The molecule has 2 amide bonds. The molecule has 42 heavy (non-hydrogen) atoms. The van der Waals surface area contributed by atoms with Crippen molar-refractivity contribution in [1.29, 1.82) is 0 Å². The first-order chi connectivity index (χ1) is 20.0. The number of esters is 1. The summed E-state index contributed by atoms with van der Waals surface area (Å²) in [6.07, 6.45) is -0.255. The number of halogens is 1. The van der Waals surface area contributed by atoms with Crippen LogP contribution in [0.4, 0.5) is 5.69 Å². The number of ether oxygens (including phenoxy) is 4. The Kier molecular flexibility index (Phi) is 11.9. The van der Waals surface area contributed by atoms with Crippen LogP contribution in [0.5, 0.6) is 11.5 Å². The molecule has 0 unspecified atom stereocenters. The highest BCUT2D eigenvalue weighted by Gasteiger charge is 2.41. The van der Waals surface area contributed by atoms with E-state index in [-0.39, 0.29) is 19.6 Å². The molecule has 2 aromatic rings. The summed E-state index contributed by atoms with van der Waals surface area (Å²) in [6.45, 7) is 3.62. The summed E-state index contributed by atoms with van der Waals surface area (Å²) in [5, 5.41) is 13.2. The molecule has 0 saturated carbocycles. The van der Waals surface area contributed by atoms with E-state index >= 15 is 0 Å². The minimum absolute atomic E-state index is 0.138. The molecule has 2 aromatic carbocycles. The normalized spacial score (nSPS) is 17.6. The third-order valence-corrected chi connectivity index (χ3v) is 7.82. The summed E-state index contributed by atoms with van der Waals surface area (Å²) in [4.78, 5) is 41.4. The van der Waals surface area contributed by atoms with Crippen LogP contribution in [-0.2, 0) is 23.9 Å². The molecule has 1 heterocycles. The number of carbonyl (C=O) groups is 3. The second kappa shape index (κ2) is 15.0. The number of hydrogen-bond acceptors (Lipinski definition) is 9. The van der Waals surface area contributed by atoms with E-state index in [4.69, 9.17) is 30.5 Å². The minimum Gasteiger partial charge on any atom is -0.493 e. The van der Waals surface area contributed by atoms with Gasteiger partial charge in [0.15, 0.2) is 11.5 Å². The fourth-order valence-corrected chi connectivity index (χ4v) is 5.41. The number of aliphatic hydroxyl groups excluding tert-OH is 1. The number of methoxy groups -OCH3 is 3. The topological polar surface area (TPSA) is 124 Å². The minimum atomic E-state index is -1.26. The monoisotopic (exact) mass is 622 g/mol. The third kappa shape index (κ3) is 7.89. The van der Waals surface area contributed by atoms with E-state index in [1.807, 2.05) is 20.1 Å². The SMILES string of the molecule is COC(=O)[C@@H](CCSC)NC(=O)C[C@H]1O[C@H](c2cccc(OC)c2OC)c2cc(Cl)ccc2N(CC(C)(C)CO)C1=O. The Morgan fingerprint density at radius 2 is 1.90 bits per heavy atom. The number of nitrogens with one attached hydrogen (secondary N) is 1. The second-order valence-electron chi connectivity index (χ2n) is 10.7. The molecule has 1 aliphatic heterocycles. The molecule has 3 atom stereocenters. The zero-order chi connectivity index (χ0) is 31.0. The van der Waals surface area contributed by atoms with Crippen molar-refractivity contribution < 1.29 is 38.4 Å². The highest BCUT2D eigenvalue weighted by Crippen LogP contribution is 2.45. The van der Waals surface area contributed by atoms with Crippen molar-refractivity contribution in [2.24, 2.45) is 5.41 Å². The summed E-state index contributed by atoms with van der Waals surface area (Å²) < 4.78 is 22.6. The predicted molar refractivity (Wildman–Crippen MR) is 162 cm³/mol. The maximum absolute atomic E-state index is 14.2. The van der Waals surface area contributed by atoms with Gasteiger partial charge in [-0.1, -0.05) is 37.6 Å². The number of aliphatic hydroxyl groups is 1. The van der Waals surface area contributed by atoms with Gasteiger partial charge in [0.25, 0.3) is 5.91 Å². The Bertz CT molecular complexity index is 1270. The fraction of sp³-hybridized carbons (Fsp3) is 0.500. The zero-order valence-electron chi connectivity index (χ0n) is 24.8. The summed E-state index contributed by atoms with van der Waals surface area (Å²) >= 11 is 7.99. The van der Waals surface area contributed by atoms with Crippen LogP contribution in [0, 0.1) is 5.41 Å². The number of nitrogens with zero attached hydrogens (tertiary/aromatic N) is 1. The van der Waals surface area contributed by atoms with Gasteiger partial charge < -0.3 is 34.3 Å². The van der Waals surface area contributed by atoms with Crippen LogP contribution in [-0.4, -0.2) is 81.5 Å². The van der Waals surface area contributed by atoms with Crippen molar-refractivity contribution in [3.05, 3.63) is 52.5 Å². The van der Waals surface area contributed by atoms with Gasteiger partial charge in [-0.25, -0.2) is 4.79 Å². The first-order valence-electron chi connectivity index (χ1n) is 13.4. The molecular formula is C30H39ClN2O8S. The highest BCUT2D eigenvalue weighted by molar-refractivity contribution is 7.98. The van der Waals surface area contributed by atoms with Crippen LogP contribution in [0.15, 0.2) is 36.4 Å². The largest absolute Gasteiger partial charge is 0.493 e. The number of benzene rings is 2. The molecule has 0 bridgehead atoms. The second-order valence-corrected chi connectivity index (χ2v) is 12.1. The Morgan fingerprint density at radius 3 is 2.52 bits per heavy atom. The molecule has 1 aliphatic rings. The average Bonchev–Trinajstić information content (AvgIpc) is 3.08. The lowest BCUT2D eigenvalue weighted by atomic mass is 9.92. The number of rotatable bonds is 13. The molecule has 230 valence electrons. The first-order valence-corrected chi connectivity index (χ1v) is 15.2. The van der Waals surface area contributed by atoms with Crippen molar-refractivity contribution in [1.82, 2.24) is 5.32 Å². The van der Waals surface area contributed by atoms with Crippen LogP contribution >= 0.6 is 23.4 Å². The van der Waals surface area contributed by atoms with E-state index in [1.165, 1.54) is 38.0 Å². The first kappa shape index (κ1) is 33.5. The van der Waals surface area contributed by atoms with Gasteiger partial charge in [-0.15, -0.1) is 0 Å². The Hall–Kier alpha value is -2.99. The molecule has 0 spiro atoms. The van der Waals surface area contributed by atoms with E-state index in [0.29, 0.717) is 45.5 Å². The maximum atomic E-state index is 14.2. The highest BCUT2D eigenvalue weighted by atomic mass is 35.5. The zero-order valence-corrected chi connectivity index (χ0v) is 26.3. The van der Waals surface area contributed by atoms with Gasteiger partial charge in [-0.3, -0.25) is 9.59 Å². The molecule has 0 saturated heterocycles.